The molecule has 2 aliphatic rings. The highest BCUT2D eigenvalue weighted by Crippen LogP contribution is 2.38. The Kier molecular flexibility index (Phi) is 4.55. The van der Waals surface area contributed by atoms with Crippen molar-refractivity contribution in [2.45, 2.75) is 45.4 Å². The highest BCUT2D eigenvalue weighted by Gasteiger charge is 2.46. The summed E-state index contributed by atoms with van der Waals surface area (Å²) in [6, 6.07) is 6.41. The molecule has 2 aliphatic heterocycles. The van der Waals surface area contributed by atoms with Gasteiger partial charge in [0.05, 0.1) is 5.56 Å². The monoisotopic (exact) mass is 330 g/mol. The molecule has 3 rings (SSSR count). The first kappa shape index (κ1) is 16.5. The van der Waals surface area contributed by atoms with Gasteiger partial charge in [0.25, 0.3) is 0 Å². The lowest BCUT2D eigenvalue weighted by atomic mass is 10.1. The maximum absolute atomic E-state index is 12.5. The lowest BCUT2D eigenvalue weighted by Crippen LogP contribution is -2.46. The quantitative estimate of drug-likeness (QED) is 0.838. The summed E-state index contributed by atoms with van der Waals surface area (Å²) in [7, 11) is 0. The zero-order valence-corrected chi connectivity index (χ0v) is 14.0. The molecule has 1 N–H and O–H groups in total. The Hall–Kier alpha value is -2.37. The predicted molar refractivity (Wildman–Crippen MR) is 86.9 cm³/mol. The summed E-state index contributed by atoms with van der Waals surface area (Å²) in [4.78, 5) is 38.2. The van der Waals surface area contributed by atoms with Crippen molar-refractivity contribution in [1.29, 1.82) is 0 Å². The van der Waals surface area contributed by atoms with Crippen LogP contribution in [-0.4, -0.2) is 35.3 Å². The average Bonchev–Trinajstić information content (AvgIpc) is 3.08. The molecule has 0 aliphatic carbocycles. The molecule has 1 fully saturated rings. The molecule has 2 amide bonds. The van der Waals surface area contributed by atoms with E-state index in [1.54, 1.807) is 24.3 Å². The first-order chi connectivity index (χ1) is 11.5. The van der Waals surface area contributed by atoms with Crippen LogP contribution in [0.3, 0.4) is 0 Å². The number of carbonyl (C=O) groups excluding carboxylic acids is 3. The van der Waals surface area contributed by atoms with Gasteiger partial charge in [-0.15, -0.1) is 0 Å². The largest absolute Gasteiger partial charge is 0.433 e. The number of nitrogens with zero attached hydrogens (tertiary/aromatic N) is 1. The minimum atomic E-state index is -0.801. The minimum absolute atomic E-state index is 0.159. The highest BCUT2D eigenvalue weighted by molar-refractivity contribution is 5.96. The lowest BCUT2D eigenvalue weighted by molar-refractivity contribution is -0.145. The minimum Gasteiger partial charge on any atom is -0.433 e. The number of nitrogens with one attached hydrogen (secondary N) is 1. The molecule has 0 saturated carbocycles. The predicted octanol–water partition coefficient (Wildman–Crippen LogP) is 2.01. The maximum Gasteiger partial charge on any atom is 0.340 e. The van der Waals surface area contributed by atoms with Gasteiger partial charge in [-0.1, -0.05) is 32.0 Å². The van der Waals surface area contributed by atoms with Crippen LogP contribution in [0, 0.1) is 5.92 Å². The zero-order chi connectivity index (χ0) is 17.3. The van der Waals surface area contributed by atoms with Crippen molar-refractivity contribution in [3.05, 3.63) is 35.4 Å². The molecule has 2 heterocycles. The van der Waals surface area contributed by atoms with Crippen molar-refractivity contribution in [2.75, 3.05) is 6.54 Å². The molecule has 1 saturated heterocycles. The van der Waals surface area contributed by atoms with Crippen LogP contribution in [0.1, 0.15) is 55.3 Å². The van der Waals surface area contributed by atoms with Gasteiger partial charge >= 0.3 is 5.97 Å². The van der Waals surface area contributed by atoms with Crippen LogP contribution in [0.25, 0.3) is 0 Å². The van der Waals surface area contributed by atoms with E-state index in [1.165, 1.54) is 4.90 Å². The molecule has 6 nitrogen and oxygen atoms in total. The van der Waals surface area contributed by atoms with E-state index in [0.29, 0.717) is 36.4 Å². The summed E-state index contributed by atoms with van der Waals surface area (Å²) in [6.45, 7) is 4.76. The first-order valence-electron chi connectivity index (χ1n) is 8.38. The standard InChI is InChI=1S/C18H22N2O4/c1-11(2)9-10-19-16(22)14-7-8-15(21)20(14)17-12-5-3-4-6-13(12)18(23)24-17/h3-6,11,14,17H,7-10H2,1-2H3,(H,19,22)/t14-,17+/m0/s1. The second-order valence-electron chi connectivity index (χ2n) is 6.67. The van der Waals surface area contributed by atoms with Crippen molar-refractivity contribution in [1.82, 2.24) is 10.2 Å². The molecule has 0 radical (unpaired) electrons. The van der Waals surface area contributed by atoms with Crippen LogP contribution in [0.15, 0.2) is 24.3 Å². The molecule has 0 aromatic heterocycles. The molecule has 0 unspecified atom stereocenters. The summed E-state index contributed by atoms with van der Waals surface area (Å²) in [5.74, 6) is -0.293. The second kappa shape index (κ2) is 6.63. The van der Waals surface area contributed by atoms with E-state index in [2.05, 4.69) is 19.2 Å². The number of hydrogen-bond acceptors (Lipinski definition) is 4. The number of esters is 1. The van der Waals surface area contributed by atoms with E-state index in [-0.39, 0.29) is 11.8 Å². The summed E-state index contributed by atoms with van der Waals surface area (Å²) in [5.41, 5.74) is 1.11. The van der Waals surface area contributed by atoms with Crippen molar-refractivity contribution in [3.63, 3.8) is 0 Å². The molecular formula is C18H22N2O4. The van der Waals surface area contributed by atoms with Gasteiger partial charge in [-0.05, 0) is 24.8 Å². The lowest BCUT2D eigenvalue weighted by Gasteiger charge is -2.29. The van der Waals surface area contributed by atoms with E-state index in [4.69, 9.17) is 4.74 Å². The normalized spacial score (nSPS) is 22.7. The Morgan fingerprint density at radius 2 is 2.08 bits per heavy atom. The van der Waals surface area contributed by atoms with Crippen LogP contribution in [0.4, 0.5) is 0 Å². The third kappa shape index (κ3) is 3.00. The number of benzene rings is 1. The Morgan fingerprint density at radius 3 is 2.83 bits per heavy atom. The van der Waals surface area contributed by atoms with Crippen LogP contribution < -0.4 is 5.32 Å². The first-order valence-corrected chi connectivity index (χ1v) is 8.38. The number of ether oxygens (including phenoxy) is 1. The molecule has 6 heteroatoms. The van der Waals surface area contributed by atoms with Gasteiger partial charge in [0.2, 0.25) is 18.0 Å². The molecule has 0 bridgehead atoms. The van der Waals surface area contributed by atoms with Gasteiger partial charge in [-0.25, -0.2) is 4.79 Å². The van der Waals surface area contributed by atoms with Crippen LogP contribution >= 0.6 is 0 Å². The van der Waals surface area contributed by atoms with E-state index < -0.39 is 18.2 Å². The summed E-state index contributed by atoms with van der Waals surface area (Å²) in [6.07, 6.45) is 0.818. The number of hydrogen-bond donors (Lipinski definition) is 1. The zero-order valence-electron chi connectivity index (χ0n) is 14.0. The van der Waals surface area contributed by atoms with Crippen LogP contribution in [0.2, 0.25) is 0 Å². The van der Waals surface area contributed by atoms with Gasteiger partial charge < -0.3 is 10.1 Å². The summed E-state index contributed by atoms with van der Waals surface area (Å²) in [5, 5.41) is 2.89. The Labute approximate surface area is 141 Å². The number of amides is 2. The Balaban J connectivity index is 1.77. The number of rotatable bonds is 5. The highest BCUT2D eigenvalue weighted by atomic mass is 16.6. The van der Waals surface area contributed by atoms with Gasteiger partial charge in [-0.3, -0.25) is 14.5 Å². The van der Waals surface area contributed by atoms with E-state index in [9.17, 15) is 14.4 Å². The smallest absolute Gasteiger partial charge is 0.340 e. The van der Waals surface area contributed by atoms with Crippen LogP contribution in [-0.2, 0) is 14.3 Å². The molecular weight excluding hydrogens is 308 g/mol. The topological polar surface area (TPSA) is 75.7 Å². The molecule has 1 aromatic carbocycles. The average molecular weight is 330 g/mol. The van der Waals surface area contributed by atoms with Gasteiger partial charge in [0.1, 0.15) is 6.04 Å². The van der Waals surface area contributed by atoms with E-state index in [0.717, 1.165) is 6.42 Å². The number of fused-ring (bicyclic) bond motifs is 1. The number of carbonyl (C=O) groups is 3. The fourth-order valence-corrected chi connectivity index (χ4v) is 3.19. The second-order valence-corrected chi connectivity index (χ2v) is 6.67. The SMILES string of the molecule is CC(C)CCNC(=O)[C@@H]1CCC(=O)N1[C@@H]1OC(=O)c2ccccc21. The van der Waals surface area contributed by atoms with Gasteiger partial charge in [0.15, 0.2) is 0 Å². The third-order valence-electron chi connectivity index (χ3n) is 4.50. The molecule has 0 spiro atoms. The third-order valence-corrected chi connectivity index (χ3v) is 4.50. The number of likely N-dealkylation sites (tertiary alicyclic amines) is 1. The van der Waals surface area contributed by atoms with Gasteiger partial charge in [0, 0.05) is 18.5 Å². The number of cyclic esters (lactones) is 1. The maximum atomic E-state index is 12.5. The molecule has 24 heavy (non-hydrogen) atoms. The molecule has 128 valence electrons. The molecule has 2 atom stereocenters. The van der Waals surface area contributed by atoms with E-state index in [1.807, 2.05) is 0 Å². The summed E-state index contributed by atoms with van der Waals surface area (Å²) < 4.78 is 5.40. The van der Waals surface area contributed by atoms with Crippen LogP contribution in [0.5, 0.6) is 0 Å². The fourth-order valence-electron chi connectivity index (χ4n) is 3.19. The summed E-state index contributed by atoms with van der Waals surface area (Å²) >= 11 is 0. The Bertz CT molecular complexity index is 671. The van der Waals surface area contributed by atoms with Crippen molar-refractivity contribution < 1.29 is 19.1 Å². The van der Waals surface area contributed by atoms with E-state index >= 15 is 0 Å². The molecule has 1 aromatic rings. The van der Waals surface area contributed by atoms with Crippen molar-refractivity contribution in [3.8, 4) is 0 Å². The van der Waals surface area contributed by atoms with Gasteiger partial charge in [-0.2, -0.15) is 0 Å². The Morgan fingerprint density at radius 1 is 1.33 bits per heavy atom. The fraction of sp³-hybridized carbons (Fsp3) is 0.500. The van der Waals surface area contributed by atoms with Crippen molar-refractivity contribution in [2.24, 2.45) is 5.92 Å². The van der Waals surface area contributed by atoms with Crippen molar-refractivity contribution >= 4 is 17.8 Å².